The van der Waals surface area contributed by atoms with E-state index in [9.17, 15) is 0 Å². The van der Waals surface area contributed by atoms with Crippen LogP contribution in [0.5, 0.6) is 0 Å². The maximum atomic E-state index is 6.93. The second-order valence-corrected chi connectivity index (χ2v) is 2.87. The summed E-state index contributed by atoms with van der Waals surface area (Å²) in [4.78, 5) is 4.13. The first-order valence-corrected chi connectivity index (χ1v) is 4.42. The van der Waals surface area contributed by atoms with Crippen LogP contribution in [-0.2, 0) is 6.42 Å². The summed E-state index contributed by atoms with van der Waals surface area (Å²) in [7, 11) is 0. The van der Waals surface area contributed by atoms with Crippen LogP contribution in [-0.4, -0.2) is 11.2 Å². The van der Waals surface area contributed by atoms with E-state index in [4.69, 9.17) is 5.41 Å². The van der Waals surface area contributed by atoms with Crippen molar-refractivity contribution in [2.75, 3.05) is 0 Å². The Morgan fingerprint density at radius 3 is 3.00 bits per heavy atom. The van der Waals surface area contributed by atoms with Gasteiger partial charge in [-0.15, -0.1) is 0 Å². The van der Waals surface area contributed by atoms with E-state index in [0.717, 1.165) is 18.4 Å². The van der Waals surface area contributed by atoms with Crippen molar-refractivity contribution in [2.45, 2.75) is 19.8 Å². The quantitative estimate of drug-likeness (QED) is 0.700. The molecule has 0 unspecified atom stereocenters. The van der Waals surface area contributed by atoms with Crippen LogP contribution in [0, 0.1) is 5.41 Å². The molecular formula is C11H14N2. The Balaban J connectivity index is 2.72. The lowest BCUT2D eigenvalue weighted by molar-refractivity contribution is 1.03. The first kappa shape index (κ1) is 9.65. The third-order valence-corrected chi connectivity index (χ3v) is 1.75. The van der Waals surface area contributed by atoms with Gasteiger partial charge in [0.15, 0.2) is 0 Å². The molecule has 1 N–H and O–H groups in total. The Kier molecular flexibility index (Phi) is 3.89. The predicted octanol–water partition coefficient (Wildman–Crippen LogP) is 2.70. The van der Waals surface area contributed by atoms with Gasteiger partial charge < -0.3 is 5.41 Å². The van der Waals surface area contributed by atoms with Crippen molar-refractivity contribution in [3.8, 4) is 0 Å². The molecule has 0 amide bonds. The summed E-state index contributed by atoms with van der Waals surface area (Å²) in [5.74, 6) is 0. The van der Waals surface area contributed by atoms with Gasteiger partial charge in [-0.05, 0) is 43.2 Å². The first-order chi connectivity index (χ1) is 6.36. The molecule has 0 aromatic carbocycles. The average Bonchev–Trinajstić information content (AvgIpc) is 2.16. The minimum absolute atomic E-state index is 0.793. The number of hydrogen-bond donors (Lipinski definition) is 1. The number of nitrogens with one attached hydrogen (secondary N) is 1. The second kappa shape index (κ2) is 5.25. The number of hydrogen-bond acceptors (Lipinski definition) is 2. The Hall–Kier alpha value is -1.44. The van der Waals surface area contributed by atoms with Crippen LogP contribution in [0.4, 0.5) is 0 Å². The van der Waals surface area contributed by atoms with E-state index in [1.54, 1.807) is 0 Å². The molecule has 1 rings (SSSR count). The fourth-order valence-corrected chi connectivity index (χ4v) is 1.17. The molecule has 2 nitrogen and oxygen atoms in total. The molecule has 0 atom stereocenters. The van der Waals surface area contributed by atoms with Crippen LogP contribution < -0.4 is 0 Å². The molecule has 0 aliphatic heterocycles. The fraction of sp³-hybridized carbons (Fsp3) is 0.273. The molecule has 0 fully saturated rings. The molecule has 0 spiro atoms. The summed E-state index contributed by atoms with van der Waals surface area (Å²) in [5, 5.41) is 6.93. The van der Waals surface area contributed by atoms with Crippen molar-refractivity contribution in [1.29, 1.82) is 5.41 Å². The summed E-state index contributed by atoms with van der Waals surface area (Å²) < 4.78 is 0. The van der Waals surface area contributed by atoms with E-state index in [0.29, 0.717) is 0 Å². The fourth-order valence-electron chi connectivity index (χ4n) is 1.17. The maximum absolute atomic E-state index is 6.93. The predicted molar refractivity (Wildman–Crippen MR) is 56.0 cm³/mol. The zero-order valence-corrected chi connectivity index (χ0v) is 7.83. The van der Waals surface area contributed by atoms with E-state index < -0.39 is 0 Å². The first-order valence-electron chi connectivity index (χ1n) is 4.42. The number of aromatic nitrogens is 1. The minimum Gasteiger partial charge on any atom is -0.313 e. The van der Waals surface area contributed by atoms with Crippen LogP contribution in [0.25, 0.3) is 6.08 Å². The summed E-state index contributed by atoms with van der Waals surface area (Å²) in [6.07, 6.45) is 10.9. The van der Waals surface area contributed by atoms with Crippen LogP contribution in [0.3, 0.4) is 0 Å². The zero-order chi connectivity index (χ0) is 9.52. The lowest BCUT2D eigenvalue weighted by Crippen LogP contribution is -1.88. The van der Waals surface area contributed by atoms with Gasteiger partial charge >= 0.3 is 0 Å². The van der Waals surface area contributed by atoms with E-state index in [-0.39, 0.29) is 0 Å². The highest BCUT2D eigenvalue weighted by Crippen LogP contribution is 2.06. The van der Waals surface area contributed by atoms with Gasteiger partial charge in [0.2, 0.25) is 0 Å². The summed E-state index contributed by atoms with van der Waals surface area (Å²) in [5.41, 5.74) is 2.32. The monoisotopic (exact) mass is 174 g/mol. The number of allylic oxidation sites excluding steroid dienone is 1. The lowest BCUT2D eigenvalue weighted by Gasteiger charge is -1.98. The van der Waals surface area contributed by atoms with E-state index in [2.05, 4.69) is 11.1 Å². The third kappa shape index (κ3) is 3.20. The molecule has 2 heteroatoms. The maximum Gasteiger partial charge on any atom is 0.0340 e. The van der Waals surface area contributed by atoms with E-state index in [1.165, 1.54) is 11.8 Å². The van der Waals surface area contributed by atoms with Gasteiger partial charge in [-0.2, -0.15) is 0 Å². The number of aryl methyl sites for hydroxylation is 1. The zero-order valence-electron chi connectivity index (χ0n) is 7.83. The second-order valence-electron chi connectivity index (χ2n) is 2.87. The molecule has 1 heterocycles. The van der Waals surface area contributed by atoms with Crippen molar-refractivity contribution in [1.82, 2.24) is 4.98 Å². The van der Waals surface area contributed by atoms with Crippen LogP contribution in [0.2, 0.25) is 0 Å². The number of pyridine rings is 1. The van der Waals surface area contributed by atoms with Gasteiger partial charge in [0.05, 0.1) is 0 Å². The molecule has 1 aromatic heterocycles. The Morgan fingerprint density at radius 2 is 2.31 bits per heavy atom. The molecule has 0 aliphatic rings. The Bertz CT molecular complexity index is 303. The molecule has 0 bridgehead atoms. The van der Waals surface area contributed by atoms with Crippen molar-refractivity contribution < 1.29 is 0 Å². The molecule has 0 saturated carbocycles. The Labute approximate surface area is 78.8 Å². The molecule has 0 aliphatic carbocycles. The highest BCUT2D eigenvalue weighted by atomic mass is 14.6. The Morgan fingerprint density at radius 1 is 1.46 bits per heavy atom. The topological polar surface area (TPSA) is 36.7 Å². The van der Waals surface area contributed by atoms with Crippen LogP contribution in [0.1, 0.15) is 24.5 Å². The van der Waals surface area contributed by atoms with Gasteiger partial charge in [0.25, 0.3) is 0 Å². The lowest BCUT2D eigenvalue weighted by atomic mass is 10.1. The highest BCUT2D eigenvalue weighted by Gasteiger charge is 1.93. The SMILES string of the molecule is C/C=C/c1cncc(CCC=N)c1. The summed E-state index contributed by atoms with van der Waals surface area (Å²) >= 11 is 0. The summed E-state index contributed by atoms with van der Waals surface area (Å²) in [6.45, 7) is 1.99. The molecule has 0 radical (unpaired) electrons. The van der Waals surface area contributed by atoms with Crippen molar-refractivity contribution in [3.63, 3.8) is 0 Å². The van der Waals surface area contributed by atoms with Crippen molar-refractivity contribution in [2.24, 2.45) is 0 Å². The van der Waals surface area contributed by atoms with Gasteiger partial charge in [0, 0.05) is 12.4 Å². The smallest absolute Gasteiger partial charge is 0.0340 e. The van der Waals surface area contributed by atoms with Gasteiger partial charge in [-0.3, -0.25) is 4.98 Å². The van der Waals surface area contributed by atoms with Gasteiger partial charge in [-0.25, -0.2) is 0 Å². The van der Waals surface area contributed by atoms with Crippen molar-refractivity contribution >= 4 is 12.3 Å². The average molecular weight is 174 g/mol. The molecule has 0 saturated heterocycles. The van der Waals surface area contributed by atoms with E-state index >= 15 is 0 Å². The molecule has 13 heavy (non-hydrogen) atoms. The van der Waals surface area contributed by atoms with E-state index in [1.807, 2.05) is 31.5 Å². The highest BCUT2D eigenvalue weighted by molar-refractivity contribution is 5.54. The normalized spacial score (nSPS) is 10.5. The van der Waals surface area contributed by atoms with Crippen molar-refractivity contribution in [3.05, 3.63) is 35.7 Å². The number of nitrogens with zero attached hydrogens (tertiary/aromatic N) is 1. The van der Waals surface area contributed by atoms with Crippen LogP contribution >= 0.6 is 0 Å². The van der Waals surface area contributed by atoms with Gasteiger partial charge in [0.1, 0.15) is 0 Å². The molecule has 68 valence electrons. The molecular weight excluding hydrogens is 160 g/mol. The molecule has 1 aromatic rings. The largest absolute Gasteiger partial charge is 0.313 e. The minimum atomic E-state index is 0.793. The summed E-state index contributed by atoms with van der Waals surface area (Å²) in [6, 6.07) is 2.11. The number of rotatable bonds is 4. The standard InChI is InChI=1S/C11H14N2/c1-2-4-10-7-11(5-3-6-12)9-13-8-10/h2,4,6-9,12H,3,5H2,1H3/b4-2+,12-6?. The van der Waals surface area contributed by atoms with Gasteiger partial charge in [-0.1, -0.05) is 12.2 Å². The third-order valence-electron chi connectivity index (χ3n) is 1.75. The van der Waals surface area contributed by atoms with Crippen LogP contribution in [0.15, 0.2) is 24.5 Å².